The molecular formula is C26H25F4N5O2. The van der Waals surface area contributed by atoms with Gasteiger partial charge in [-0.05, 0) is 59.7 Å². The van der Waals surface area contributed by atoms with Crippen LogP contribution in [-0.2, 0) is 29.9 Å². The van der Waals surface area contributed by atoms with Crippen LogP contribution in [0.2, 0.25) is 0 Å². The van der Waals surface area contributed by atoms with Crippen molar-refractivity contribution in [2.75, 3.05) is 18.1 Å². The minimum absolute atomic E-state index is 0.00970. The summed E-state index contributed by atoms with van der Waals surface area (Å²) in [5, 5.41) is 7.66. The van der Waals surface area contributed by atoms with Crippen molar-refractivity contribution < 1.29 is 27.1 Å². The lowest BCUT2D eigenvalue weighted by molar-refractivity contribution is -0.138. The summed E-state index contributed by atoms with van der Waals surface area (Å²) >= 11 is 0. The SMILES string of the molecule is Cn1cnnc1[C@H](F)C1(c2cccc(N3Cc4c(cc(C(N)C5CC5)cc4C(F)(F)F)C3=O)c2)COC1. The lowest BCUT2D eigenvalue weighted by Gasteiger charge is -2.43. The van der Waals surface area contributed by atoms with E-state index in [-0.39, 0.29) is 42.6 Å². The van der Waals surface area contributed by atoms with Crippen LogP contribution in [0.25, 0.3) is 0 Å². The molecule has 37 heavy (non-hydrogen) atoms. The average molecular weight is 516 g/mol. The molecule has 1 aliphatic carbocycles. The van der Waals surface area contributed by atoms with Gasteiger partial charge in [-0.25, -0.2) is 4.39 Å². The number of halogens is 4. The topological polar surface area (TPSA) is 86.3 Å². The van der Waals surface area contributed by atoms with Crippen molar-refractivity contribution in [2.24, 2.45) is 18.7 Å². The average Bonchev–Trinajstić information content (AvgIpc) is 3.51. The zero-order chi connectivity index (χ0) is 26.1. The fourth-order valence-electron chi connectivity index (χ4n) is 5.35. The second-order valence-electron chi connectivity index (χ2n) is 10.2. The predicted octanol–water partition coefficient (Wildman–Crippen LogP) is 4.38. The van der Waals surface area contributed by atoms with Crippen LogP contribution in [-0.4, -0.2) is 33.9 Å². The number of hydrogen-bond donors (Lipinski definition) is 1. The Morgan fingerprint density at radius 1 is 1.19 bits per heavy atom. The van der Waals surface area contributed by atoms with Gasteiger partial charge in [0.15, 0.2) is 12.0 Å². The third-order valence-corrected chi connectivity index (χ3v) is 7.79. The minimum atomic E-state index is -4.63. The number of nitrogens with two attached hydrogens (primary N) is 1. The molecule has 2 aromatic carbocycles. The number of nitrogens with zero attached hydrogens (tertiary/aromatic N) is 4. The molecule has 1 aromatic heterocycles. The van der Waals surface area contributed by atoms with Crippen molar-refractivity contribution in [3.05, 3.63) is 76.4 Å². The third kappa shape index (κ3) is 3.83. The molecule has 2 fully saturated rings. The van der Waals surface area contributed by atoms with Crippen LogP contribution in [0.1, 0.15) is 63.5 Å². The molecule has 2 aliphatic heterocycles. The Morgan fingerprint density at radius 2 is 1.95 bits per heavy atom. The van der Waals surface area contributed by atoms with Gasteiger partial charge < -0.3 is 19.9 Å². The second kappa shape index (κ2) is 8.35. The van der Waals surface area contributed by atoms with Crippen molar-refractivity contribution in [1.29, 1.82) is 0 Å². The van der Waals surface area contributed by atoms with Crippen LogP contribution in [0.5, 0.6) is 0 Å². The van der Waals surface area contributed by atoms with Crippen LogP contribution < -0.4 is 10.6 Å². The molecular weight excluding hydrogens is 490 g/mol. The lowest BCUT2D eigenvalue weighted by atomic mass is 9.74. The van der Waals surface area contributed by atoms with Crippen molar-refractivity contribution >= 4 is 11.6 Å². The van der Waals surface area contributed by atoms with Gasteiger partial charge in [0.25, 0.3) is 5.91 Å². The van der Waals surface area contributed by atoms with Crippen molar-refractivity contribution in [3.63, 3.8) is 0 Å². The Labute approximate surface area is 210 Å². The van der Waals surface area contributed by atoms with E-state index in [1.807, 2.05) is 0 Å². The first-order valence-electron chi connectivity index (χ1n) is 12.1. The molecule has 3 aliphatic rings. The molecule has 3 aromatic rings. The fraction of sp³-hybridized carbons (Fsp3) is 0.423. The summed E-state index contributed by atoms with van der Waals surface area (Å²) in [6.45, 7) is -0.0458. The van der Waals surface area contributed by atoms with Gasteiger partial charge >= 0.3 is 6.18 Å². The number of amides is 1. The fourth-order valence-corrected chi connectivity index (χ4v) is 5.35. The molecule has 194 valence electrons. The first-order valence-corrected chi connectivity index (χ1v) is 12.1. The normalized spacial score (nSPS) is 20.5. The molecule has 1 saturated carbocycles. The Morgan fingerprint density at radius 3 is 2.54 bits per heavy atom. The Bertz CT molecular complexity index is 1380. The molecule has 1 unspecified atom stereocenters. The van der Waals surface area contributed by atoms with Crippen LogP contribution in [0.4, 0.5) is 23.2 Å². The van der Waals surface area contributed by atoms with E-state index >= 15 is 4.39 Å². The summed E-state index contributed by atoms with van der Waals surface area (Å²) in [4.78, 5) is 14.7. The molecule has 7 nitrogen and oxygen atoms in total. The van der Waals surface area contributed by atoms with Crippen LogP contribution in [0.3, 0.4) is 0 Å². The van der Waals surface area contributed by atoms with E-state index < -0.39 is 35.3 Å². The highest BCUT2D eigenvalue weighted by molar-refractivity contribution is 6.10. The minimum Gasteiger partial charge on any atom is -0.379 e. The van der Waals surface area contributed by atoms with E-state index in [1.165, 1.54) is 21.9 Å². The highest BCUT2D eigenvalue weighted by Gasteiger charge is 2.51. The molecule has 11 heteroatoms. The second-order valence-corrected chi connectivity index (χ2v) is 10.2. The van der Waals surface area contributed by atoms with Crippen molar-refractivity contribution in [2.45, 2.75) is 43.2 Å². The van der Waals surface area contributed by atoms with Crippen LogP contribution >= 0.6 is 0 Å². The van der Waals surface area contributed by atoms with Gasteiger partial charge in [0.2, 0.25) is 0 Å². The summed E-state index contributed by atoms with van der Waals surface area (Å²) in [7, 11) is 1.65. The van der Waals surface area contributed by atoms with Crippen molar-refractivity contribution in [3.8, 4) is 0 Å². The largest absolute Gasteiger partial charge is 0.416 e. The number of aromatic nitrogens is 3. The van der Waals surface area contributed by atoms with Gasteiger partial charge in [-0.2, -0.15) is 13.2 Å². The third-order valence-electron chi connectivity index (χ3n) is 7.79. The quantitative estimate of drug-likeness (QED) is 0.493. The maximum absolute atomic E-state index is 15.8. The predicted molar refractivity (Wildman–Crippen MR) is 125 cm³/mol. The highest BCUT2D eigenvalue weighted by Crippen LogP contribution is 2.47. The van der Waals surface area contributed by atoms with E-state index in [1.54, 1.807) is 31.3 Å². The first-order chi connectivity index (χ1) is 17.6. The van der Waals surface area contributed by atoms with Gasteiger partial charge in [-0.3, -0.25) is 4.79 Å². The molecule has 2 N–H and O–H groups in total. The number of hydrogen-bond acceptors (Lipinski definition) is 5. The van der Waals surface area contributed by atoms with E-state index in [4.69, 9.17) is 10.5 Å². The molecule has 2 atom stereocenters. The molecule has 1 saturated heterocycles. The molecule has 0 radical (unpaired) electrons. The number of anilines is 1. The van der Waals surface area contributed by atoms with Gasteiger partial charge in [0.1, 0.15) is 6.33 Å². The number of fused-ring (bicyclic) bond motifs is 1. The Balaban J connectivity index is 1.37. The number of aryl methyl sites for hydroxylation is 1. The summed E-state index contributed by atoms with van der Waals surface area (Å²) in [5.74, 6) is -0.258. The first kappa shape index (κ1) is 24.1. The van der Waals surface area contributed by atoms with E-state index in [2.05, 4.69) is 10.2 Å². The molecule has 3 heterocycles. The number of carbonyl (C=O) groups excluding carboxylic acids is 1. The van der Waals surface area contributed by atoms with Gasteiger partial charge in [0.05, 0.1) is 30.7 Å². The molecule has 1 amide bonds. The van der Waals surface area contributed by atoms with Crippen LogP contribution in [0.15, 0.2) is 42.7 Å². The smallest absolute Gasteiger partial charge is 0.379 e. The summed E-state index contributed by atoms with van der Waals surface area (Å²) < 4.78 is 64.8. The standard InChI is InChI=1S/C26H25F4N5O2/c1-34-13-32-33-23(34)22(27)25(11-37-12-25)16-3-2-4-17(9-16)35-10-19-18(24(35)36)7-15(21(31)14-5-6-14)8-20(19)26(28,29)30/h2-4,7-9,13-14,21-22H,5-6,10-12,31H2,1H3/t21?,22-/m0/s1. The number of ether oxygens (including phenoxy) is 1. The van der Waals surface area contributed by atoms with Gasteiger partial charge in [-0.15, -0.1) is 10.2 Å². The Hall–Kier alpha value is -3.31. The maximum atomic E-state index is 15.8. The summed E-state index contributed by atoms with van der Waals surface area (Å²) in [6.07, 6.45) is -3.03. The molecule has 0 bridgehead atoms. The number of alkyl halides is 4. The summed E-state index contributed by atoms with van der Waals surface area (Å²) in [6, 6.07) is 8.74. The summed E-state index contributed by atoms with van der Waals surface area (Å²) in [5.41, 5.74) is 5.56. The Kier molecular flexibility index (Phi) is 5.43. The number of benzene rings is 2. The van der Waals surface area contributed by atoms with Crippen LogP contribution in [0, 0.1) is 5.92 Å². The number of rotatable bonds is 6. The van der Waals surface area contributed by atoms with E-state index in [9.17, 15) is 18.0 Å². The maximum Gasteiger partial charge on any atom is 0.416 e. The number of carbonyl (C=O) groups is 1. The van der Waals surface area contributed by atoms with Crippen molar-refractivity contribution in [1.82, 2.24) is 14.8 Å². The molecule has 0 spiro atoms. The van der Waals surface area contributed by atoms with Gasteiger partial charge in [0, 0.05) is 24.3 Å². The van der Waals surface area contributed by atoms with E-state index in [0.717, 1.165) is 18.9 Å². The zero-order valence-corrected chi connectivity index (χ0v) is 20.0. The molecule has 6 rings (SSSR count). The van der Waals surface area contributed by atoms with E-state index in [0.29, 0.717) is 16.8 Å². The highest BCUT2D eigenvalue weighted by atomic mass is 19.4. The zero-order valence-electron chi connectivity index (χ0n) is 20.0. The monoisotopic (exact) mass is 515 g/mol. The van der Waals surface area contributed by atoms with Gasteiger partial charge in [-0.1, -0.05) is 12.1 Å². The lowest BCUT2D eigenvalue weighted by Crippen LogP contribution is -2.50.